The fourth-order valence-electron chi connectivity index (χ4n) is 2.94. The number of nitrogens with zero attached hydrogens (tertiary/aromatic N) is 2. The van der Waals surface area contributed by atoms with E-state index in [-0.39, 0.29) is 16.6 Å². The predicted octanol–water partition coefficient (Wildman–Crippen LogP) is 3.24. The van der Waals surface area contributed by atoms with Crippen LogP contribution in [0.1, 0.15) is 47.7 Å². The maximum Gasteiger partial charge on any atom is 0.251 e. The van der Waals surface area contributed by atoms with E-state index in [9.17, 15) is 13.2 Å². The molecule has 1 heterocycles. The second-order valence-electron chi connectivity index (χ2n) is 6.55. The van der Waals surface area contributed by atoms with E-state index < -0.39 is 10.0 Å². The number of amides is 1. The van der Waals surface area contributed by atoms with Crippen molar-refractivity contribution in [3.8, 4) is 5.75 Å². The predicted molar refractivity (Wildman–Crippen MR) is 115 cm³/mol. The Morgan fingerprint density at radius 3 is 2.55 bits per heavy atom. The molecule has 1 N–H and O–H groups in total. The van der Waals surface area contributed by atoms with Crippen molar-refractivity contribution in [2.75, 3.05) is 26.7 Å². The van der Waals surface area contributed by atoms with Gasteiger partial charge in [-0.1, -0.05) is 13.8 Å². The van der Waals surface area contributed by atoms with Crippen molar-refractivity contribution in [3.63, 3.8) is 0 Å². The summed E-state index contributed by atoms with van der Waals surface area (Å²) in [6, 6.07) is 4.49. The molecule has 160 valence electrons. The summed E-state index contributed by atoms with van der Waals surface area (Å²) in [7, 11) is -2.32. The standard InChI is InChI=1S/C20H29N3O4S2/c1-5-23(6-2)29(25,26)18-13-16(10-11-17(18)27-4)20(24)21-12-8-7-9-19-22-15(3)14-28-19/h10-11,13-14H,5-9,12H2,1-4H3,(H,21,24). The van der Waals surface area contributed by atoms with Crippen LogP contribution >= 0.6 is 11.3 Å². The van der Waals surface area contributed by atoms with Gasteiger partial charge in [-0.05, 0) is 44.4 Å². The van der Waals surface area contributed by atoms with E-state index in [1.54, 1.807) is 31.3 Å². The highest BCUT2D eigenvalue weighted by Crippen LogP contribution is 2.28. The number of carbonyl (C=O) groups is 1. The van der Waals surface area contributed by atoms with Gasteiger partial charge in [0.2, 0.25) is 10.0 Å². The lowest BCUT2D eigenvalue weighted by molar-refractivity contribution is 0.0952. The first kappa shape index (κ1) is 23.3. The van der Waals surface area contributed by atoms with Crippen LogP contribution < -0.4 is 10.1 Å². The number of aromatic nitrogens is 1. The van der Waals surface area contributed by atoms with Gasteiger partial charge < -0.3 is 10.1 Å². The van der Waals surface area contributed by atoms with Crippen LogP contribution in [-0.2, 0) is 16.4 Å². The SMILES string of the molecule is CCN(CC)S(=O)(=O)c1cc(C(=O)NCCCCc2nc(C)cs2)ccc1OC. The highest BCUT2D eigenvalue weighted by atomic mass is 32.2. The fourth-order valence-corrected chi connectivity index (χ4v) is 5.40. The Morgan fingerprint density at radius 1 is 1.24 bits per heavy atom. The molecule has 0 radical (unpaired) electrons. The first-order valence-electron chi connectivity index (χ1n) is 9.70. The van der Waals surface area contributed by atoms with Gasteiger partial charge >= 0.3 is 0 Å². The van der Waals surface area contributed by atoms with E-state index in [0.29, 0.717) is 25.2 Å². The first-order chi connectivity index (χ1) is 13.8. The van der Waals surface area contributed by atoms with Crippen molar-refractivity contribution < 1.29 is 17.9 Å². The summed E-state index contributed by atoms with van der Waals surface area (Å²) < 4.78 is 32.3. The zero-order valence-electron chi connectivity index (χ0n) is 17.4. The second kappa shape index (κ2) is 10.7. The molecule has 0 aliphatic heterocycles. The number of sulfonamides is 1. The summed E-state index contributed by atoms with van der Waals surface area (Å²) in [5.74, 6) is -0.0686. The minimum atomic E-state index is -3.74. The molecule has 2 rings (SSSR count). The molecular weight excluding hydrogens is 410 g/mol. The third kappa shape index (κ3) is 6.01. The Hall–Kier alpha value is -1.97. The normalized spacial score (nSPS) is 11.6. The quantitative estimate of drug-likeness (QED) is 0.543. The molecule has 2 aromatic rings. The van der Waals surface area contributed by atoms with Gasteiger partial charge in [-0.15, -0.1) is 11.3 Å². The number of unbranched alkanes of at least 4 members (excludes halogenated alkanes) is 1. The van der Waals surface area contributed by atoms with Crippen LogP contribution in [0.2, 0.25) is 0 Å². The van der Waals surface area contributed by atoms with Crippen molar-refractivity contribution in [1.29, 1.82) is 0 Å². The van der Waals surface area contributed by atoms with Gasteiger partial charge in [-0.3, -0.25) is 4.79 Å². The van der Waals surface area contributed by atoms with Gasteiger partial charge in [0.25, 0.3) is 5.91 Å². The molecule has 1 amide bonds. The lowest BCUT2D eigenvalue weighted by atomic mass is 10.2. The van der Waals surface area contributed by atoms with E-state index >= 15 is 0 Å². The van der Waals surface area contributed by atoms with Crippen molar-refractivity contribution in [3.05, 3.63) is 39.8 Å². The van der Waals surface area contributed by atoms with Crippen LogP contribution in [0.5, 0.6) is 5.75 Å². The Balaban J connectivity index is 2.01. The number of hydrogen-bond donors (Lipinski definition) is 1. The van der Waals surface area contributed by atoms with Crippen molar-refractivity contribution >= 4 is 27.3 Å². The van der Waals surface area contributed by atoms with Crippen molar-refractivity contribution in [2.24, 2.45) is 0 Å². The number of ether oxygens (including phenoxy) is 1. The van der Waals surface area contributed by atoms with E-state index in [1.165, 1.54) is 23.5 Å². The molecule has 0 aliphatic rings. The van der Waals surface area contributed by atoms with E-state index in [4.69, 9.17) is 4.74 Å². The third-order valence-corrected chi connectivity index (χ3v) is 7.62. The van der Waals surface area contributed by atoms with Gasteiger partial charge in [-0.25, -0.2) is 13.4 Å². The molecule has 1 aromatic carbocycles. The maximum atomic E-state index is 12.9. The summed E-state index contributed by atoms with van der Waals surface area (Å²) in [5, 5.41) is 6.00. The van der Waals surface area contributed by atoms with Crippen molar-refractivity contribution in [1.82, 2.24) is 14.6 Å². The molecule has 0 fully saturated rings. The van der Waals surface area contributed by atoms with E-state index in [2.05, 4.69) is 10.3 Å². The molecule has 29 heavy (non-hydrogen) atoms. The van der Waals surface area contributed by atoms with Gasteiger partial charge in [0.1, 0.15) is 10.6 Å². The maximum absolute atomic E-state index is 12.9. The van der Waals surface area contributed by atoms with Crippen LogP contribution in [0.3, 0.4) is 0 Å². The average Bonchev–Trinajstić information content (AvgIpc) is 3.12. The van der Waals surface area contributed by atoms with Gasteiger partial charge in [-0.2, -0.15) is 4.31 Å². The largest absolute Gasteiger partial charge is 0.495 e. The van der Waals surface area contributed by atoms with Crippen LogP contribution in [0, 0.1) is 6.92 Å². The zero-order valence-corrected chi connectivity index (χ0v) is 19.0. The summed E-state index contributed by atoms with van der Waals surface area (Å²) >= 11 is 1.65. The van der Waals surface area contributed by atoms with Crippen LogP contribution in [-0.4, -0.2) is 50.4 Å². The molecule has 9 heteroatoms. The lowest BCUT2D eigenvalue weighted by Gasteiger charge is -2.20. The van der Waals surface area contributed by atoms with E-state index in [1.807, 2.05) is 12.3 Å². The number of carbonyl (C=O) groups excluding carboxylic acids is 1. The molecule has 0 spiro atoms. The lowest BCUT2D eigenvalue weighted by Crippen LogP contribution is -2.31. The molecule has 0 saturated carbocycles. The number of aryl methyl sites for hydroxylation is 2. The Bertz CT molecular complexity index is 922. The smallest absolute Gasteiger partial charge is 0.251 e. The molecule has 0 unspecified atom stereocenters. The van der Waals surface area contributed by atoms with Crippen molar-refractivity contribution in [2.45, 2.75) is 44.9 Å². The number of hydrogen-bond acceptors (Lipinski definition) is 6. The van der Waals surface area contributed by atoms with Gasteiger partial charge in [0, 0.05) is 36.3 Å². The number of methoxy groups -OCH3 is 1. The van der Waals surface area contributed by atoms with Gasteiger partial charge in [0.15, 0.2) is 0 Å². The minimum Gasteiger partial charge on any atom is -0.495 e. The molecule has 0 bridgehead atoms. The average molecular weight is 440 g/mol. The Labute approximate surface area is 177 Å². The first-order valence-corrected chi connectivity index (χ1v) is 12.0. The summed E-state index contributed by atoms with van der Waals surface area (Å²) in [4.78, 5) is 16.9. The molecule has 0 atom stereocenters. The number of thiazole rings is 1. The third-order valence-electron chi connectivity index (χ3n) is 4.52. The number of benzene rings is 1. The summed E-state index contributed by atoms with van der Waals surface area (Å²) in [5.41, 5.74) is 1.33. The Morgan fingerprint density at radius 2 is 1.97 bits per heavy atom. The zero-order chi connectivity index (χ0) is 21.4. The minimum absolute atomic E-state index is 0.00971. The second-order valence-corrected chi connectivity index (χ2v) is 9.40. The molecule has 7 nitrogen and oxygen atoms in total. The highest BCUT2D eigenvalue weighted by Gasteiger charge is 2.26. The highest BCUT2D eigenvalue weighted by molar-refractivity contribution is 7.89. The van der Waals surface area contributed by atoms with Gasteiger partial charge in [0.05, 0.1) is 12.1 Å². The summed E-state index contributed by atoms with van der Waals surface area (Å²) in [6.07, 6.45) is 2.64. The molecule has 0 saturated heterocycles. The van der Waals surface area contributed by atoms with Crippen LogP contribution in [0.15, 0.2) is 28.5 Å². The molecule has 0 aliphatic carbocycles. The summed E-state index contributed by atoms with van der Waals surface area (Å²) in [6.45, 7) is 6.74. The molecule has 1 aromatic heterocycles. The fraction of sp³-hybridized carbons (Fsp3) is 0.500. The number of rotatable bonds is 11. The van der Waals surface area contributed by atoms with Crippen LogP contribution in [0.4, 0.5) is 0 Å². The topological polar surface area (TPSA) is 88.6 Å². The Kier molecular flexibility index (Phi) is 8.60. The number of nitrogens with one attached hydrogen (secondary N) is 1. The van der Waals surface area contributed by atoms with Crippen LogP contribution in [0.25, 0.3) is 0 Å². The van der Waals surface area contributed by atoms with E-state index in [0.717, 1.165) is 30.0 Å². The molecular formula is C20H29N3O4S2. The monoisotopic (exact) mass is 439 g/mol.